The maximum atomic E-state index is 13.1. The first kappa shape index (κ1) is 77.1. The number of carbonyl (C=O) groups excluding carboxylic acids is 1. The lowest BCUT2D eigenvalue weighted by molar-refractivity contribution is 0.0531. The number of H-pyrrole nitrogens is 1. The third-order valence-corrected chi connectivity index (χ3v) is 14.8. The molecule has 0 atom stereocenters. The molecule has 0 bridgehead atoms. The molecule has 0 saturated carbocycles. The topological polar surface area (TPSA) is 284 Å². The molecular formula is C71H94F2N12O10S. The van der Waals surface area contributed by atoms with Crippen LogP contribution in [0.1, 0.15) is 128 Å². The molecule has 0 fully saturated rings. The van der Waals surface area contributed by atoms with Crippen LogP contribution in [0.4, 0.5) is 19.4 Å². The minimum Gasteiger partial charge on any atom is -0.497 e. The summed E-state index contributed by atoms with van der Waals surface area (Å²) in [6.45, 7) is 16.2. The summed E-state index contributed by atoms with van der Waals surface area (Å²) in [6.07, 6.45) is 31.0. The summed E-state index contributed by atoms with van der Waals surface area (Å²) in [5.74, 6) is 3.33. The number of halogens is 2. The number of nitrogens with two attached hydrogens (primary N) is 2. The van der Waals surface area contributed by atoms with Gasteiger partial charge in [0.25, 0.3) is 10.1 Å². The molecule has 0 unspecified atom stereocenters. The Morgan fingerprint density at radius 1 is 0.635 bits per heavy atom. The van der Waals surface area contributed by atoms with Crippen molar-refractivity contribution in [3.63, 3.8) is 0 Å². The lowest BCUT2D eigenvalue weighted by atomic mass is 10.2. The number of aryl methyl sites for hydroxylation is 5. The number of anilines is 1. The summed E-state index contributed by atoms with van der Waals surface area (Å²) < 4.78 is 89.2. The Balaban J connectivity index is 0.000000216. The number of unbranched alkanes of at least 4 members (excludes halogenated alkanes) is 4. The van der Waals surface area contributed by atoms with Crippen molar-refractivity contribution >= 4 is 44.6 Å². The molecule has 22 nitrogen and oxygen atoms in total. The number of imidazole rings is 4. The van der Waals surface area contributed by atoms with E-state index < -0.39 is 21.8 Å². The lowest BCUT2D eigenvalue weighted by Gasteiger charge is -2.20. The van der Waals surface area contributed by atoms with Gasteiger partial charge in [0.15, 0.2) is 5.43 Å². The van der Waals surface area contributed by atoms with Crippen molar-refractivity contribution in [2.75, 3.05) is 46.3 Å². The fourth-order valence-electron chi connectivity index (χ4n) is 8.73. The second-order valence-corrected chi connectivity index (χ2v) is 24.6. The monoisotopic (exact) mass is 1340 g/mol. The minimum atomic E-state index is -4.02. The van der Waals surface area contributed by atoms with Crippen molar-refractivity contribution in [3.05, 3.63) is 203 Å². The van der Waals surface area contributed by atoms with Gasteiger partial charge in [-0.05, 0) is 115 Å². The van der Waals surface area contributed by atoms with E-state index in [1.54, 1.807) is 89.8 Å². The molecule has 25 heteroatoms. The maximum absolute atomic E-state index is 13.1. The Morgan fingerprint density at radius 3 is 1.53 bits per heavy atom. The number of nitrogen functional groups attached to an aromatic ring is 1. The second kappa shape index (κ2) is 40.0. The number of amides is 1. The summed E-state index contributed by atoms with van der Waals surface area (Å²) in [5.41, 5.74) is 19.8. The number of fused-ring (bicyclic) bond motifs is 4. The number of rotatable bonds is 24. The average Bonchev–Trinajstić information content (AvgIpc) is 1.72. The van der Waals surface area contributed by atoms with Gasteiger partial charge in [0.05, 0.1) is 48.9 Å². The van der Waals surface area contributed by atoms with Crippen LogP contribution >= 0.6 is 0 Å². The summed E-state index contributed by atoms with van der Waals surface area (Å²) in [7, 11) is -0.754. The first-order chi connectivity index (χ1) is 46.0. The number of aromatic nitrogens is 9. The molecule has 10 rings (SSSR count). The van der Waals surface area contributed by atoms with Crippen molar-refractivity contribution in [3.8, 4) is 23.0 Å². The average molecular weight is 1350 g/mol. The number of alkyl carbamates (subject to hydrolysis) is 1. The van der Waals surface area contributed by atoms with Gasteiger partial charge in [-0.3, -0.25) is 9.35 Å². The highest BCUT2D eigenvalue weighted by Crippen LogP contribution is 2.20. The highest BCUT2D eigenvalue weighted by molar-refractivity contribution is 7.85. The molecule has 0 radical (unpaired) electrons. The van der Waals surface area contributed by atoms with Crippen LogP contribution in [0.25, 0.3) is 22.6 Å². The zero-order valence-corrected chi connectivity index (χ0v) is 57.6. The predicted octanol–water partition coefficient (Wildman–Crippen LogP) is 13.9. The normalized spacial score (nSPS) is 11.4. The Labute approximate surface area is 561 Å². The fourth-order valence-corrected chi connectivity index (χ4v) is 9.21. The number of benzene rings is 1. The predicted molar refractivity (Wildman–Crippen MR) is 373 cm³/mol. The standard InChI is InChI=1S/C20H28FN3O3.C15H20FN3O.C12H16N2O.C11H14N2O.C7H8O3S.C6H8N2O/c1-5-6-7-16-13-24-9-8-17(10-18(24)23-16)26-14-15(11-21)12-22-19(25)27-20(2,3)4;1-2-3-4-13-10-19-6-5-14(7-15(19)18-13)20-11-12(8-16)9-17;1-3-4-5-10-9-14-7-6-11(15-2)8-12(14)13-10;1-2-3-4-9-8-13-6-5-10(14)7-11(13)12-9;1-6-2-4-7(5-3-6)11(8,9)10;1-9-5-2-3-8-6(7)4-5/h8-11,13H,5-7,12,14H2,1-4H3,(H,22,25);5-8,10H,2-4,9,11,17H2,1H3;6-9H,3-5H2,1-2H3;5-8,12H,2-4H2,1H3;2-5H,1H3,(H,8,9,10);2-4H,1H3,(H2,7,8)/b15-11+;12-8+;;;;. The van der Waals surface area contributed by atoms with Gasteiger partial charge < -0.3 is 63.1 Å². The molecule has 0 saturated heterocycles. The summed E-state index contributed by atoms with van der Waals surface area (Å²) in [5, 5.41) is 2.51. The minimum absolute atomic E-state index is 0.0121. The SMILES string of the molecule is CCCCc1cn2ccc(=O)cc2[nH]1.CCCCc1cn2ccc(OC)cc2n1.CCCCc1cn2ccc(OC/C(=C/F)CN)cc2n1.CCCCc1cn2ccc(OC/C(=C/F)CNC(=O)OC(C)(C)C)cc2n1.COc1ccnc(N)c1.Cc1ccc(S(=O)(=O)O)cc1. The Morgan fingerprint density at radius 2 is 1.09 bits per heavy atom. The van der Waals surface area contributed by atoms with Crippen LogP contribution < -0.4 is 41.2 Å². The van der Waals surface area contributed by atoms with Crippen LogP contribution in [0.15, 0.2) is 174 Å². The van der Waals surface area contributed by atoms with E-state index in [0.29, 0.717) is 41.1 Å². The van der Waals surface area contributed by atoms with E-state index in [1.165, 1.54) is 43.5 Å². The van der Waals surface area contributed by atoms with Crippen molar-refractivity contribution in [1.29, 1.82) is 0 Å². The number of nitrogens with one attached hydrogen (secondary N) is 2. The van der Waals surface area contributed by atoms with Crippen LogP contribution in [-0.4, -0.2) is 108 Å². The lowest BCUT2D eigenvalue weighted by Crippen LogP contribution is -2.34. The van der Waals surface area contributed by atoms with E-state index in [4.69, 9.17) is 39.7 Å². The van der Waals surface area contributed by atoms with Crippen molar-refractivity contribution in [1.82, 2.24) is 47.8 Å². The largest absolute Gasteiger partial charge is 0.497 e. The number of pyridine rings is 5. The molecule has 0 aliphatic rings. The van der Waals surface area contributed by atoms with Gasteiger partial charge in [-0.25, -0.2) is 33.5 Å². The van der Waals surface area contributed by atoms with Crippen LogP contribution in [0.2, 0.25) is 0 Å². The zero-order chi connectivity index (χ0) is 70.0. The molecule has 0 aliphatic carbocycles. The number of aromatic amines is 1. The van der Waals surface area contributed by atoms with E-state index in [2.05, 4.69) is 64.1 Å². The molecule has 0 spiro atoms. The van der Waals surface area contributed by atoms with Crippen molar-refractivity contribution < 1.29 is 50.2 Å². The Hall–Kier alpha value is -9.59. The molecule has 7 N–H and O–H groups in total. The Kier molecular flexibility index (Phi) is 32.1. The van der Waals surface area contributed by atoms with Gasteiger partial charge in [0.1, 0.15) is 70.2 Å². The van der Waals surface area contributed by atoms with Gasteiger partial charge in [-0.2, -0.15) is 8.42 Å². The number of hydrogen-bond donors (Lipinski definition) is 5. The molecule has 9 heterocycles. The molecule has 0 aliphatic heterocycles. The number of methoxy groups -OCH3 is 2. The highest BCUT2D eigenvalue weighted by Gasteiger charge is 2.17. The third kappa shape index (κ3) is 27.4. The van der Waals surface area contributed by atoms with Crippen LogP contribution in [0, 0.1) is 6.92 Å². The summed E-state index contributed by atoms with van der Waals surface area (Å²) in [4.78, 5) is 43.3. The van der Waals surface area contributed by atoms with E-state index in [9.17, 15) is 26.8 Å². The number of carbonyl (C=O) groups is 1. The quantitative estimate of drug-likeness (QED) is 0.0352. The molecular weight excluding hydrogens is 1250 g/mol. The first-order valence-electron chi connectivity index (χ1n) is 32.0. The van der Waals surface area contributed by atoms with E-state index in [0.717, 1.165) is 108 Å². The van der Waals surface area contributed by atoms with E-state index in [1.807, 2.05) is 92.0 Å². The van der Waals surface area contributed by atoms with Gasteiger partial charge in [-0.1, -0.05) is 71.1 Å². The van der Waals surface area contributed by atoms with Crippen LogP contribution in [-0.2, 0) is 40.5 Å². The van der Waals surface area contributed by atoms with Gasteiger partial charge >= 0.3 is 6.09 Å². The van der Waals surface area contributed by atoms with Crippen molar-refractivity contribution in [2.45, 2.75) is 143 Å². The van der Waals surface area contributed by atoms with E-state index >= 15 is 0 Å². The maximum Gasteiger partial charge on any atom is 0.407 e. The molecule has 9 aromatic heterocycles. The second-order valence-electron chi connectivity index (χ2n) is 23.2. The van der Waals surface area contributed by atoms with Crippen LogP contribution in [0.3, 0.4) is 0 Å². The van der Waals surface area contributed by atoms with Gasteiger partial charge in [0, 0.05) is 122 Å². The summed E-state index contributed by atoms with van der Waals surface area (Å²) >= 11 is 0. The molecule has 518 valence electrons. The molecule has 10 aromatic rings. The first-order valence-corrected chi connectivity index (χ1v) is 33.4. The fraction of sp³-hybridized carbons (Fsp3) is 0.380. The number of nitrogens with zero attached hydrogens (tertiary/aromatic N) is 8. The molecule has 1 aromatic carbocycles. The zero-order valence-electron chi connectivity index (χ0n) is 56.8. The van der Waals surface area contributed by atoms with Gasteiger partial charge in [-0.15, -0.1) is 0 Å². The van der Waals surface area contributed by atoms with E-state index in [-0.39, 0.29) is 36.6 Å². The van der Waals surface area contributed by atoms with Gasteiger partial charge in [0.2, 0.25) is 0 Å². The smallest absolute Gasteiger partial charge is 0.407 e. The number of ether oxygens (including phenoxy) is 5. The van der Waals surface area contributed by atoms with Crippen LogP contribution in [0.5, 0.6) is 23.0 Å². The highest BCUT2D eigenvalue weighted by atomic mass is 32.2. The summed E-state index contributed by atoms with van der Waals surface area (Å²) in [6, 6.07) is 23.8. The third-order valence-electron chi connectivity index (χ3n) is 14.0. The Bertz CT molecular complexity index is 4210. The molecule has 1 amide bonds. The molecule has 96 heavy (non-hydrogen) atoms. The number of hydrogen-bond acceptors (Lipinski definition) is 15. The van der Waals surface area contributed by atoms with Crippen molar-refractivity contribution in [2.24, 2.45) is 5.73 Å².